The lowest BCUT2D eigenvalue weighted by Crippen LogP contribution is -2.37. The zero-order valence-electron chi connectivity index (χ0n) is 8.99. The SMILES string of the molecule is CC#CCCNC(C)C(C)(C)C. The van der Waals surface area contributed by atoms with Gasteiger partial charge in [0.25, 0.3) is 0 Å². The Morgan fingerprint density at radius 1 is 1.33 bits per heavy atom. The van der Waals surface area contributed by atoms with Gasteiger partial charge in [0.05, 0.1) is 0 Å². The lowest BCUT2D eigenvalue weighted by molar-refractivity contribution is 0.289. The minimum absolute atomic E-state index is 0.347. The van der Waals surface area contributed by atoms with Gasteiger partial charge in [-0.1, -0.05) is 20.8 Å². The highest BCUT2D eigenvalue weighted by Gasteiger charge is 2.18. The summed E-state index contributed by atoms with van der Waals surface area (Å²) < 4.78 is 0. The summed E-state index contributed by atoms with van der Waals surface area (Å²) in [6.45, 7) is 11.8. The van der Waals surface area contributed by atoms with Crippen LogP contribution in [0.4, 0.5) is 0 Å². The van der Waals surface area contributed by atoms with Crippen LogP contribution in [0.15, 0.2) is 0 Å². The Balaban J connectivity index is 3.55. The van der Waals surface area contributed by atoms with Gasteiger partial charge >= 0.3 is 0 Å². The standard InChI is InChI=1S/C11H21N/c1-6-7-8-9-12-10(2)11(3,4)5/h10,12H,8-9H2,1-5H3. The van der Waals surface area contributed by atoms with Crippen LogP contribution in [0.25, 0.3) is 0 Å². The average molecular weight is 167 g/mol. The number of nitrogens with one attached hydrogen (secondary N) is 1. The zero-order valence-corrected chi connectivity index (χ0v) is 8.99. The lowest BCUT2D eigenvalue weighted by atomic mass is 9.88. The summed E-state index contributed by atoms with van der Waals surface area (Å²) in [5, 5.41) is 3.45. The first kappa shape index (κ1) is 11.5. The Kier molecular flexibility index (Phi) is 5.01. The molecule has 0 rings (SSSR count). The second-order valence-corrected chi connectivity index (χ2v) is 4.22. The van der Waals surface area contributed by atoms with Gasteiger partial charge < -0.3 is 5.32 Å². The van der Waals surface area contributed by atoms with Gasteiger partial charge in [-0.25, -0.2) is 0 Å². The largest absolute Gasteiger partial charge is 0.313 e. The van der Waals surface area contributed by atoms with Gasteiger partial charge in [0.2, 0.25) is 0 Å². The van der Waals surface area contributed by atoms with Gasteiger partial charge in [0.1, 0.15) is 0 Å². The highest BCUT2D eigenvalue weighted by molar-refractivity contribution is 4.95. The van der Waals surface area contributed by atoms with E-state index in [0.717, 1.165) is 13.0 Å². The van der Waals surface area contributed by atoms with E-state index >= 15 is 0 Å². The molecular formula is C11H21N. The first-order valence-corrected chi connectivity index (χ1v) is 4.61. The van der Waals surface area contributed by atoms with Crippen molar-refractivity contribution in [3.63, 3.8) is 0 Å². The fraction of sp³-hybridized carbons (Fsp3) is 0.818. The predicted octanol–water partition coefficient (Wildman–Crippen LogP) is 2.42. The van der Waals surface area contributed by atoms with Gasteiger partial charge in [-0.3, -0.25) is 0 Å². The summed E-state index contributed by atoms with van der Waals surface area (Å²) in [5.41, 5.74) is 0.347. The summed E-state index contributed by atoms with van der Waals surface area (Å²) in [7, 11) is 0. The van der Waals surface area contributed by atoms with E-state index in [2.05, 4.69) is 44.9 Å². The molecule has 0 aliphatic carbocycles. The molecule has 1 heteroatoms. The van der Waals surface area contributed by atoms with Gasteiger partial charge in [0, 0.05) is 19.0 Å². The van der Waals surface area contributed by atoms with Crippen LogP contribution >= 0.6 is 0 Å². The quantitative estimate of drug-likeness (QED) is 0.503. The molecule has 0 saturated carbocycles. The van der Waals surface area contributed by atoms with Crippen molar-refractivity contribution in [1.29, 1.82) is 0 Å². The predicted molar refractivity (Wildman–Crippen MR) is 55.0 cm³/mol. The summed E-state index contributed by atoms with van der Waals surface area (Å²) >= 11 is 0. The summed E-state index contributed by atoms with van der Waals surface area (Å²) in [4.78, 5) is 0. The Morgan fingerprint density at radius 2 is 1.92 bits per heavy atom. The van der Waals surface area contributed by atoms with Crippen LogP contribution < -0.4 is 5.32 Å². The van der Waals surface area contributed by atoms with Crippen molar-refractivity contribution in [2.45, 2.75) is 47.1 Å². The molecule has 0 bridgehead atoms. The smallest absolute Gasteiger partial charge is 0.0214 e. The molecule has 1 nitrogen and oxygen atoms in total. The van der Waals surface area contributed by atoms with Gasteiger partial charge in [-0.05, 0) is 19.3 Å². The molecule has 0 heterocycles. The van der Waals surface area contributed by atoms with Crippen molar-refractivity contribution in [3.8, 4) is 11.8 Å². The van der Waals surface area contributed by atoms with Crippen LogP contribution in [-0.4, -0.2) is 12.6 Å². The van der Waals surface area contributed by atoms with Crippen LogP contribution in [0.1, 0.15) is 41.0 Å². The number of rotatable bonds is 3. The third kappa shape index (κ3) is 5.21. The van der Waals surface area contributed by atoms with Crippen LogP contribution in [-0.2, 0) is 0 Å². The normalized spacial score (nSPS) is 13.4. The van der Waals surface area contributed by atoms with E-state index in [1.807, 2.05) is 6.92 Å². The minimum atomic E-state index is 0.347. The molecule has 1 atom stereocenters. The van der Waals surface area contributed by atoms with Crippen molar-refractivity contribution < 1.29 is 0 Å². The van der Waals surface area contributed by atoms with Crippen molar-refractivity contribution in [1.82, 2.24) is 5.32 Å². The van der Waals surface area contributed by atoms with Crippen molar-refractivity contribution in [2.75, 3.05) is 6.54 Å². The second-order valence-electron chi connectivity index (χ2n) is 4.22. The van der Waals surface area contributed by atoms with E-state index in [1.54, 1.807) is 0 Å². The molecule has 0 fully saturated rings. The maximum atomic E-state index is 3.45. The molecule has 0 aromatic carbocycles. The molecule has 0 spiro atoms. The highest BCUT2D eigenvalue weighted by atomic mass is 14.9. The second kappa shape index (κ2) is 5.22. The lowest BCUT2D eigenvalue weighted by Gasteiger charge is -2.27. The molecule has 1 N–H and O–H groups in total. The maximum absolute atomic E-state index is 3.45. The van der Waals surface area contributed by atoms with E-state index in [4.69, 9.17) is 0 Å². The molecular weight excluding hydrogens is 146 g/mol. The molecule has 0 aromatic rings. The van der Waals surface area contributed by atoms with Gasteiger partial charge in [-0.15, -0.1) is 11.8 Å². The molecule has 0 saturated heterocycles. The highest BCUT2D eigenvalue weighted by Crippen LogP contribution is 2.17. The van der Waals surface area contributed by atoms with E-state index in [-0.39, 0.29) is 0 Å². The Hall–Kier alpha value is -0.480. The molecule has 0 aromatic heterocycles. The Morgan fingerprint density at radius 3 is 2.33 bits per heavy atom. The van der Waals surface area contributed by atoms with E-state index in [1.165, 1.54) is 0 Å². The summed E-state index contributed by atoms with van der Waals surface area (Å²) in [6.07, 6.45) is 0.955. The van der Waals surface area contributed by atoms with Gasteiger partial charge in [0.15, 0.2) is 0 Å². The van der Waals surface area contributed by atoms with Crippen molar-refractivity contribution in [2.24, 2.45) is 5.41 Å². The van der Waals surface area contributed by atoms with E-state index < -0.39 is 0 Å². The molecule has 70 valence electrons. The number of hydrogen-bond acceptors (Lipinski definition) is 1. The third-order valence-corrected chi connectivity index (χ3v) is 2.18. The molecule has 1 unspecified atom stereocenters. The first-order valence-electron chi connectivity index (χ1n) is 4.61. The maximum Gasteiger partial charge on any atom is 0.0214 e. The Labute approximate surface area is 76.9 Å². The monoisotopic (exact) mass is 167 g/mol. The van der Waals surface area contributed by atoms with Crippen LogP contribution in [0.2, 0.25) is 0 Å². The van der Waals surface area contributed by atoms with Crippen LogP contribution in [0.5, 0.6) is 0 Å². The zero-order chi connectivity index (χ0) is 9.61. The van der Waals surface area contributed by atoms with Gasteiger partial charge in [-0.2, -0.15) is 0 Å². The Bertz CT molecular complexity index is 166. The molecule has 12 heavy (non-hydrogen) atoms. The summed E-state index contributed by atoms with van der Waals surface area (Å²) in [5.74, 6) is 5.93. The minimum Gasteiger partial charge on any atom is -0.313 e. The summed E-state index contributed by atoms with van der Waals surface area (Å²) in [6, 6.07) is 0.552. The number of hydrogen-bond donors (Lipinski definition) is 1. The molecule has 0 aliphatic rings. The fourth-order valence-corrected chi connectivity index (χ4v) is 0.782. The van der Waals surface area contributed by atoms with Crippen molar-refractivity contribution >= 4 is 0 Å². The third-order valence-electron chi connectivity index (χ3n) is 2.18. The topological polar surface area (TPSA) is 12.0 Å². The van der Waals surface area contributed by atoms with E-state index in [9.17, 15) is 0 Å². The molecule has 0 radical (unpaired) electrons. The van der Waals surface area contributed by atoms with Crippen LogP contribution in [0, 0.1) is 17.3 Å². The van der Waals surface area contributed by atoms with Crippen molar-refractivity contribution in [3.05, 3.63) is 0 Å². The van der Waals surface area contributed by atoms with Crippen LogP contribution in [0.3, 0.4) is 0 Å². The molecule has 0 aliphatic heterocycles. The first-order chi connectivity index (χ1) is 5.48. The fourth-order valence-electron chi connectivity index (χ4n) is 0.782. The van der Waals surface area contributed by atoms with E-state index in [0.29, 0.717) is 11.5 Å². The average Bonchev–Trinajstić information content (AvgIpc) is 1.96. The molecule has 0 amide bonds.